The van der Waals surface area contributed by atoms with Crippen molar-refractivity contribution in [3.63, 3.8) is 0 Å². The van der Waals surface area contributed by atoms with Crippen LogP contribution in [0.2, 0.25) is 0 Å². The number of carbonyl (C=O) groups is 2. The van der Waals surface area contributed by atoms with E-state index in [0.29, 0.717) is 23.9 Å². The number of phosphoric ester groups is 1. The number of ether oxygens (including phenoxy) is 2. The van der Waals surface area contributed by atoms with Gasteiger partial charge in [-0.05, 0) is 12.8 Å². The van der Waals surface area contributed by atoms with E-state index < -0.39 is 32.5 Å². The molecule has 0 saturated carbocycles. The molecule has 0 amide bonds. The third-order valence-corrected chi connectivity index (χ3v) is 6.34. The minimum absolute atomic E-state index is 0.0284. The minimum Gasteiger partial charge on any atom is -0.756 e. The highest BCUT2D eigenvalue weighted by Crippen LogP contribution is 2.38. The molecule has 208 valence electrons. The van der Waals surface area contributed by atoms with Gasteiger partial charge < -0.3 is 27.9 Å². The zero-order valence-electron chi connectivity index (χ0n) is 22.8. The molecule has 2 unspecified atom stereocenters. The first kappa shape index (κ1) is 34.0. The van der Waals surface area contributed by atoms with Gasteiger partial charge in [-0.25, -0.2) is 0 Å². The van der Waals surface area contributed by atoms with Gasteiger partial charge in [-0.1, -0.05) is 71.6 Å². The number of esters is 2. The van der Waals surface area contributed by atoms with Crippen LogP contribution in [0, 0.1) is 0 Å². The van der Waals surface area contributed by atoms with Crippen molar-refractivity contribution >= 4 is 19.8 Å². The molecule has 0 aromatic rings. The summed E-state index contributed by atoms with van der Waals surface area (Å²) in [5.74, 6) is -0.880. The SMILES string of the molecule is CCCCCCCCCCCC(=O)OC(COC(=O)CCCC)COP(=O)([O-])OCC[N+](C)(C)C. The molecule has 35 heavy (non-hydrogen) atoms. The fourth-order valence-electron chi connectivity index (χ4n) is 3.16. The van der Waals surface area contributed by atoms with Crippen LogP contribution in [0.1, 0.15) is 97.3 Å². The molecule has 0 saturated heterocycles. The molecule has 0 N–H and O–H groups in total. The smallest absolute Gasteiger partial charge is 0.306 e. The van der Waals surface area contributed by atoms with Crippen LogP contribution in [0.25, 0.3) is 0 Å². The molecule has 0 aromatic carbocycles. The highest BCUT2D eigenvalue weighted by atomic mass is 31.2. The summed E-state index contributed by atoms with van der Waals surface area (Å²) >= 11 is 0. The summed E-state index contributed by atoms with van der Waals surface area (Å²) < 4.78 is 32.9. The van der Waals surface area contributed by atoms with Crippen molar-refractivity contribution in [1.29, 1.82) is 0 Å². The van der Waals surface area contributed by atoms with Gasteiger partial charge in [0.05, 0.1) is 27.7 Å². The third kappa shape index (κ3) is 23.2. The average Bonchev–Trinajstić information content (AvgIpc) is 2.77. The monoisotopic (exact) mass is 523 g/mol. The Labute approximate surface area is 213 Å². The van der Waals surface area contributed by atoms with Crippen LogP contribution >= 0.6 is 7.82 Å². The highest BCUT2D eigenvalue weighted by Gasteiger charge is 2.21. The molecule has 0 rings (SSSR count). The van der Waals surface area contributed by atoms with E-state index >= 15 is 0 Å². The first-order valence-corrected chi connectivity index (χ1v) is 14.7. The second-order valence-corrected chi connectivity index (χ2v) is 11.5. The number of likely N-dealkylation sites (N-methyl/N-ethyl adjacent to an activating group) is 1. The van der Waals surface area contributed by atoms with E-state index in [1.807, 2.05) is 28.1 Å². The summed E-state index contributed by atoms with van der Waals surface area (Å²) in [5, 5.41) is 0. The standard InChI is InChI=1S/C25H50NO8P/c1-6-8-10-11-12-13-14-15-16-18-25(28)34-23(21-31-24(27)17-9-7-2)22-33-35(29,30)32-20-19-26(3,4)5/h23H,6-22H2,1-5H3. The van der Waals surface area contributed by atoms with Gasteiger partial charge in [0.25, 0.3) is 7.82 Å². The van der Waals surface area contributed by atoms with Crippen molar-refractivity contribution in [3.8, 4) is 0 Å². The Morgan fingerprint density at radius 2 is 1.31 bits per heavy atom. The van der Waals surface area contributed by atoms with Gasteiger partial charge in [0, 0.05) is 12.8 Å². The Kier molecular flexibility index (Phi) is 19.5. The predicted molar refractivity (Wildman–Crippen MR) is 135 cm³/mol. The number of rotatable bonds is 23. The lowest BCUT2D eigenvalue weighted by Gasteiger charge is -2.28. The highest BCUT2D eigenvalue weighted by molar-refractivity contribution is 7.45. The van der Waals surface area contributed by atoms with Gasteiger partial charge in [0.15, 0.2) is 6.10 Å². The fourth-order valence-corrected chi connectivity index (χ4v) is 3.89. The number of phosphoric acid groups is 1. The van der Waals surface area contributed by atoms with E-state index in [1.165, 1.54) is 32.1 Å². The van der Waals surface area contributed by atoms with Crippen molar-refractivity contribution in [2.75, 3.05) is 47.5 Å². The molecule has 0 bridgehead atoms. The maximum absolute atomic E-state index is 12.3. The van der Waals surface area contributed by atoms with E-state index in [-0.39, 0.29) is 26.1 Å². The molecule has 10 heteroatoms. The zero-order chi connectivity index (χ0) is 26.6. The normalized spacial score (nSPS) is 14.3. The van der Waals surface area contributed by atoms with Gasteiger partial charge in [-0.15, -0.1) is 0 Å². The van der Waals surface area contributed by atoms with Crippen molar-refractivity contribution in [3.05, 3.63) is 0 Å². The Morgan fingerprint density at radius 1 is 0.771 bits per heavy atom. The van der Waals surface area contributed by atoms with E-state index in [1.54, 1.807) is 0 Å². The minimum atomic E-state index is -4.58. The molecule has 0 aliphatic heterocycles. The molecular weight excluding hydrogens is 473 g/mol. The van der Waals surface area contributed by atoms with Crippen molar-refractivity contribution in [1.82, 2.24) is 0 Å². The first-order valence-electron chi connectivity index (χ1n) is 13.2. The Balaban J connectivity index is 4.48. The van der Waals surface area contributed by atoms with E-state index in [4.69, 9.17) is 18.5 Å². The van der Waals surface area contributed by atoms with Gasteiger partial charge >= 0.3 is 11.9 Å². The molecule has 9 nitrogen and oxygen atoms in total. The topological polar surface area (TPSA) is 111 Å². The summed E-state index contributed by atoms with van der Waals surface area (Å²) in [6, 6.07) is 0. The summed E-state index contributed by atoms with van der Waals surface area (Å²) in [4.78, 5) is 36.2. The summed E-state index contributed by atoms with van der Waals surface area (Å²) in [6.07, 6.45) is 11.2. The largest absolute Gasteiger partial charge is 0.756 e. The molecule has 0 aromatic heterocycles. The van der Waals surface area contributed by atoms with Crippen molar-refractivity contribution < 1.29 is 42.1 Å². The second-order valence-electron chi connectivity index (χ2n) is 10.1. The third-order valence-electron chi connectivity index (χ3n) is 5.38. The van der Waals surface area contributed by atoms with Crippen LogP contribution in [0.5, 0.6) is 0 Å². The number of hydrogen-bond acceptors (Lipinski definition) is 8. The van der Waals surface area contributed by atoms with Crippen molar-refractivity contribution in [2.45, 2.75) is 103 Å². The zero-order valence-corrected chi connectivity index (χ0v) is 23.7. The Hall–Kier alpha value is -0.990. The van der Waals surface area contributed by atoms with Crippen molar-refractivity contribution in [2.24, 2.45) is 0 Å². The average molecular weight is 524 g/mol. The fraction of sp³-hybridized carbons (Fsp3) is 0.920. The maximum Gasteiger partial charge on any atom is 0.306 e. The Bertz CT molecular complexity index is 609. The first-order chi connectivity index (χ1) is 16.5. The lowest BCUT2D eigenvalue weighted by molar-refractivity contribution is -0.870. The van der Waals surface area contributed by atoms with Crippen LogP contribution in [-0.2, 0) is 32.7 Å². The summed E-state index contributed by atoms with van der Waals surface area (Å²) in [7, 11) is 1.16. The summed E-state index contributed by atoms with van der Waals surface area (Å²) in [6.45, 7) is 3.89. The molecule has 0 radical (unpaired) electrons. The van der Waals surface area contributed by atoms with Gasteiger partial charge in [-0.2, -0.15) is 0 Å². The lowest BCUT2D eigenvalue weighted by atomic mass is 10.1. The molecule has 0 heterocycles. The summed E-state index contributed by atoms with van der Waals surface area (Å²) in [5.41, 5.74) is 0. The number of nitrogens with zero attached hydrogens (tertiary/aromatic N) is 1. The van der Waals surface area contributed by atoms with Crippen LogP contribution < -0.4 is 4.89 Å². The van der Waals surface area contributed by atoms with Crippen LogP contribution in [-0.4, -0.2) is 70.0 Å². The van der Waals surface area contributed by atoms with Gasteiger partial charge in [0.2, 0.25) is 0 Å². The quantitative estimate of drug-likeness (QED) is 0.0816. The van der Waals surface area contributed by atoms with Crippen LogP contribution in [0.3, 0.4) is 0 Å². The molecule has 0 aliphatic rings. The molecule has 0 spiro atoms. The van der Waals surface area contributed by atoms with Gasteiger partial charge in [0.1, 0.15) is 19.8 Å². The number of carbonyl (C=O) groups excluding carboxylic acids is 2. The van der Waals surface area contributed by atoms with Crippen LogP contribution in [0.4, 0.5) is 0 Å². The van der Waals surface area contributed by atoms with Gasteiger partial charge in [-0.3, -0.25) is 14.2 Å². The number of quaternary nitrogens is 1. The Morgan fingerprint density at radius 3 is 1.89 bits per heavy atom. The second kappa shape index (κ2) is 20.1. The predicted octanol–water partition coefficient (Wildman–Crippen LogP) is 4.76. The number of hydrogen-bond donors (Lipinski definition) is 0. The molecule has 0 aliphatic carbocycles. The number of unbranched alkanes of at least 4 members (excludes halogenated alkanes) is 9. The lowest BCUT2D eigenvalue weighted by Crippen LogP contribution is -2.37. The molecular formula is C25H50NO8P. The van der Waals surface area contributed by atoms with E-state index in [0.717, 1.165) is 25.7 Å². The van der Waals surface area contributed by atoms with E-state index in [2.05, 4.69) is 6.92 Å². The van der Waals surface area contributed by atoms with Crippen LogP contribution in [0.15, 0.2) is 0 Å². The molecule has 0 fully saturated rings. The molecule has 2 atom stereocenters. The van der Waals surface area contributed by atoms with E-state index in [9.17, 15) is 19.0 Å². The maximum atomic E-state index is 12.3.